The van der Waals surface area contributed by atoms with Gasteiger partial charge in [0.1, 0.15) is 10.3 Å². The average molecular weight is 275 g/mol. The monoisotopic (exact) mass is 275 g/mol. The second kappa shape index (κ2) is 4.28. The molecule has 0 bridgehead atoms. The summed E-state index contributed by atoms with van der Waals surface area (Å²) in [7, 11) is -3.64. The van der Waals surface area contributed by atoms with E-state index >= 15 is 0 Å². The minimum absolute atomic E-state index is 0.156. The first-order valence-electron chi connectivity index (χ1n) is 5.08. The van der Waals surface area contributed by atoms with Gasteiger partial charge in [0, 0.05) is 17.6 Å². The van der Waals surface area contributed by atoms with Crippen LogP contribution in [0.1, 0.15) is 12.8 Å². The van der Waals surface area contributed by atoms with Crippen LogP contribution in [0, 0.1) is 0 Å². The number of nitrogens with two attached hydrogens (primary N) is 2. The lowest BCUT2D eigenvalue weighted by Gasteiger charge is -2.20. The predicted octanol–water partition coefficient (Wildman–Crippen LogP) is -0.0313. The number of sulfonamides is 1. The summed E-state index contributed by atoms with van der Waals surface area (Å²) in [4.78, 5) is 11.2. The van der Waals surface area contributed by atoms with Gasteiger partial charge in [0.25, 0.3) is 10.0 Å². The highest BCUT2D eigenvalue weighted by atomic mass is 32.2. The van der Waals surface area contributed by atoms with Crippen LogP contribution in [0.5, 0.6) is 0 Å². The van der Waals surface area contributed by atoms with Crippen molar-refractivity contribution in [3.8, 4) is 0 Å². The molecule has 1 fully saturated rings. The van der Waals surface area contributed by atoms with E-state index < -0.39 is 22.0 Å². The van der Waals surface area contributed by atoms with Crippen molar-refractivity contribution >= 4 is 33.0 Å². The summed E-state index contributed by atoms with van der Waals surface area (Å²) in [6, 6.07) is 0.666. The van der Waals surface area contributed by atoms with Gasteiger partial charge in [0.15, 0.2) is 0 Å². The summed E-state index contributed by atoms with van der Waals surface area (Å²) in [5.74, 6) is -0.601. The van der Waals surface area contributed by atoms with Gasteiger partial charge in [-0.1, -0.05) is 0 Å². The van der Waals surface area contributed by atoms with Crippen LogP contribution in [-0.4, -0.2) is 31.2 Å². The van der Waals surface area contributed by atoms with Gasteiger partial charge in [-0.3, -0.25) is 4.79 Å². The third kappa shape index (κ3) is 2.15. The summed E-state index contributed by atoms with van der Waals surface area (Å²) in [6.07, 6.45) is 1.13. The Labute approximate surface area is 103 Å². The molecule has 1 aromatic heterocycles. The number of hydrogen-bond acceptors (Lipinski definition) is 5. The van der Waals surface area contributed by atoms with Gasteiger partial charge in [0.2, 0.25) is 5.91 Å². The molecule has 0 aromatic carbocycles. The Hall–Kier alpha value is -1.12. The van der Waals surface area contributed by atoms with E-state index in [2.05, 4.69) is 0 Å². The number of amides is 1. The number of anilines is 1. The zero-order valence-corrected chi connectivity index (χ0v) is 10.6. The van der Waals surface area contributed by atoms with Gasteiger partial charge >= 0.3 is 0 Å². The summed E-state index contributed by atoms with van der Waals surface area (Å²) >= 11 is 1.05. The molecule has 1 saturated heterocycles. The quantitative estimate of drug-likeness (QED) is 0.807. The first-order valence-corrected chi connectivity index (χ1v) is 7.40. The number of hydrogen-bond donors (Lipinski definition) is 2. The molecule has 1 aliphatic rings. The Morgan fingerprint density at radius 1 is 1.53 bits per heavy atom. The van der Waals surface area contributed by atoms with Crippen molar-refractivity contribution in [3.05, 3.63) is 11.4 Å². The van der Waals surface area contributed by atoms with Crippen molar-refractivity contribution in [3.63, 3.8) is 0 Å². The van der Waals surface area contributed by atoms with Gasteiger partial charge in [-0.05, 0) is 18.9 Å². The lowest BCUT2D eigenvalue weighted by Crippen LogP contribution is -2.43. The van der Waals surface area contributed by atoms with E-state index in [1.165, 1.54) is 10.4 Å². The van der Waals surface area contributed by atoms with E-state index in [1.807, 2.05) is 0 Å². The molecule has 4 N–H and O–H groups in total. The van der Waals surface area contributed by atoms with Crippen LogP contribution in [0.15, 0.2) is 15.7 Å². The molecule has 94 valence electrons. The number of carbonyl (C=O) groups excluding carboxylic acids is 1. The predicted molar refractivity (Wildman–Crippen MR) is 64.8 cm³/mol. The highest BCUT2D eigenvalue weighted by molar-refractivity contribution is 7.91. The lowest BCUT2D eigenvalue weighted by molar-refractivity contribution is -0.121. The van der Waals surface area contributed by atoms with Crippen molar-refractivity contribution in [2.45, 2.75) is 23.1 Å². The van der Waals surface area contributed by atoms with Crippen molar-refractivity contribution in [2.24, 2.45) is 5.73 Å². The van der Waals surface area contributed by atoms with Crippen LogP contribution in [0.3, 0.4) is 0 Å². The molecule has 1 aromatic rings. The Bertz CT molecular complexity index is 537. The van der Waals surface area contributed by atoms with Crippen LogP contribution in [-0.2, 0) is 14.8 Å². The lowest BCUT2D eigenvalue weighted by atomic mass is 10.2. The van der Waals surface area contributed by atoms with Gasteiger partial charge in [-0.2, -0.15) is 4.31 Å². The second-order valence-corrected chi connectivity index (χ2v) is 6.90. The maximum atomic E-state index is 12.2. The summed E-state index contributed by atoms with van der Waals surface area (Å²) in [5.41, 5.74) is 11.1. The van der Waals surface area contributed by atoms with E-state index in [0.717, 1.165) is 11.3 Å². The molecule has 0 saturated carbocycles. The molecule has 2 heterocycles. The van der Waals surface area contributed by atoms with Crippen LogP contribution in [0.25, 0.3) is 0 Å². The smallest absolute Gasteiger partial charge is 0.253 e. The number of thiophene rings is 1. The van der Waals surface area contributed by atoms with Gasteiger partial charge in [-0.25, -0.2) is 8.42 Å². The molecule has 2 rings (SSSR count). The summed E-state index contributed by atoms with van der Waals surface area (Å²) < 4.78 is 25.8. The Kier molecular flexibility index (Phi) is 3.11. The van der Waals surface area contributed by atoms with E-state index in [1.54, 1.807) is 5.38 Å². The molecular weight excluding hydrogens is 262 g/mol. The molecular formula is C9H13N3O3S2. The van der Waals surface area contributed by atoms with Gasteiger partial charge in [0.05, 0.1) is 0 Å². The molecule has 1 atom stereocenters. The zero-order chi connectivity index (χ0) is 12.6. The zero-order valence-electron chi connectivity index (χ0n) is 9.00. The summed E-state index contributed by atoms with van der Waals surface area (Å²) in [5, 5.41) is 1.56. The largest absolute Gasteiger partial charge is 0.398 e. The fraction of sp³-hybridized carbons (Fsp3) is 0.444. The molecule has 8 heteroatoms. The van der Waals surface area contributed by atoms with E-state index in [4.69, 9.17) is 11.5 Å². The molecule has 1 amide bonds. The Balaban J connectivity index is 2.36. The van der Waals surface area contributed by atoms with Crippen LogP contribution in [0.4, 0.5) is 5.69 Å². The maximum Gasteiger partial charge on any atom is 0.253 e. The number of rotatable bonds is 3. The third-order valence-corrected chi connectivity index (χ3v) is 6.03. The van der Waals surface area contributed by atoms with Gasteiger partial charge < -0.3 is 11.5 Å². The first-order chi connectivity index (χ1) is 7.93. The fourth-order valence-electron chi connectivity index (χ4n) is 1.89. The molecule has 0 aliphatic carbocycles. The maximum absolute atomic E-state index is 12.2. The number of nitrogen functional groups attached to an aromatic ring is 1. The van der Waals surface area contributed by atoms with E-state index in [-0.39, 0.29) is 4.21 Å². The summed E-state index contributed by atoms with van der Waals surface area (Å²) in [6.45, 7) is 0.327. The molecule has 0 radical (unpaired) electrons. The van der Waals surface area contributed by atoms with Crippen molar-refractivity contribution in [1.29, 1.82) is 0 Å². The van der Waals surface area contributed by atoms with E-state index in [9.17, 15) is 13.2 Å². The SMILES string of the molecule is NC(=O)C1CCCN1S(=O)(=O)c1cc(N)cs1. The van der Waals surface area contributed by atoms with E-state index in [0.29, 0.717) is 25.1 Å². The average Bonchev–Trinajstić information content (AvgIpc) is 2.84. The van der Waals surface area contributed by atoms with Crippen molar-refractivity contribution in [1.82, 2.24) is 4.31 Å². The molecule has 1 aliphatic heterocycles. The fourth-order valence-corrected chi connectivity index (χ4v) is 4.77. The third-order valence-electron chi connectivity index (χ3n) is 2.69. The minimum atomic E-state index is -3.64. The number of primary amides is 1. The number of carbonyl (C=O) groups is 1. The number of nitrogens with zero attached hydrogens (tertiary/aromatic N) is 1. The normalized spacial score (nSPS) is 21.8. The Morgan fingerprint density at radius 2 is 2.24 bits per heavy atom. The molecule has 1 unspecified atom stereocenters. The molecule has 0 spiro atoms. The van der Waals surface area contributed by atoms with Crippen LogP contribution >= 0.6 is 11.3 Å². The topological polar surface area (TPSA) is 106 Å². The van der Waals surface area contributed by atoms with Crippen molar-refractivity contribution < 1.29 is 13.2 Å². The van der Waals surface area contributed by atoms with Crippen LogP contribution < -0.4 is 11.5 Å². The molecule has 17 heavy (non-hydrogen) atoms. The standard InChI is InChI=1S/C9H13N3O3S2/c10-6-4-8(16-5-6)17(14,15)12-3-1-2-7(12)9(11)13/h4-5,7H,1-3,10H2,(H2,11,13). The highest BCUT2D eigenvalue weighted by Crippen LogP contribution is 2.30. The Morgan fingerprint density at radius 3 is 2.76 bits per heavy atom. The van der Waals surface area contributed by atoms with Crippen molar-refractivity contribution in [2.75, 3.05) is 12.3 Å². The highest BCUT2D eigenvalue weighted by Gasteiger charge is 2.38. The second-order valence-electron chi connectivity index (χ2n) is 3.88. The minimum Gasteiger partial charge on any atom is -0.398 e. The first kappa shape index (κ1) is 12.3. The van der Waals surface area contributed by atoms with Gasteiger partial charge in [-0.15, -0.1) is 11.3 Å². The van der Waals surface area contributed by atoms with Crippen LogP contribution in [0.2, 0.25) is 0 Å². The molecule has 6 nitrogen and oxygen atoms in total.